The Labute approximate surface area is 146 Å². The minimum atomic E-state index is -3.89. The summed E-state index contributed by atoms with van der Waals surface area (Å²) in [6.45, 7) is 1.11. The fraction of sp³-hybridized carbons (Fsp3) is 0.467. The second-order valence-electron chi connectivity index (χ2n) is 5.45. The van der Waals surface area contributed by atoms with Gasteiger partial charge in [-0.3, -0.25) is 4.79 Å². The Bertz CT molecular complexity index is 750. The van der Waals surface area contributed by atoms with Crippen molar-refractivity contribution in [3.63, 3.8) is 0 Å². The average Bonchev–Trinajstić information content (AvgIpc) is 2.97. The van der Waals surface area contributed by atoms with Crippen LogP contribution < -0.4 is 0 Å². The molecule has 1 aliphatic rings. The molecule has 1 aromatic rings. The molecule has 1 fully saturated rings. The number of hydrogen-bond donors (Lipinski definition) is 0. The van der Waals surface area contributed by atoms with Gasteiger partial charge in [-0.05, 0) is 24.6 Å². The quantitative estimate of drug-likeness (QED) is 0.702. The Kier molecular flexibility index (Phi) is 5.84. The number of ether oxygens (including phenoxy) is 1. The van der Waals surface area contributed by atoms with Gasteiger partial charge in [-0.1, -0.05) is 11.6 Å². The second-order valence-corrected chi connectivity index (χ2v) is 7.87. The van der Waals surface area contributed by atoms with E-state index in [1.165, 1.54) is 32.4 Å². The highest BCUT2D eigenvalue weighted by molar-refractivity contribution is 7.89. The van der Waals surface area contributed by atoms with E-state index in [4.69, 9.17) is 11.6 Å². The number of likely N-dealkylation sites (tertiary alicyclic amines) is 1. The Morgan fingerprint density at radius 3 is 2.71 bits per heavy atom. The van der Waals surface area contributed by atoms with Gasteiger partial charge in [0, 0.05) is 33.1 Å². The molecule has 0 aromatic heterocycles. The third-order valence-electron chi connectivity index (χ3n) is 3.90. The Hall–Kier alpha value is -1.64. The summed E-state index contributed by atoms with van der Waals surface area (Å²) in [5, 5.41) is 0.0201. The standard InChI is InChI=1S/C15H19ClN2O5S/c1-17(8-9-18-7-3-4-14(18)19)24(21,22)13-10-11(15(20)23-2)5-6-12(13)16/h5-6,10H,3-4,7-9H2,1-2H3. The maximum atomic E-state index is 12.7. The lowest BCUT2D eigenvalue weighted by Crippen LogP contribution is -2.37. The Morgan fingerprint density at radius 2 is 2.12 bits per heavy atom. The van der Waals surface area contributed by atoms with E-state index < -0.39 is 16.0 Å². The van der Waals surface area contributed by atoms with Crippen LogP contribution in [0.15, 0.2) is 23.1 Å². The highest BCUT2D eigenvalue weighted by Gasteiger charge is 2.27. The van der Waals surface area contributed by atoms with Crippen molar-refractivity contribution in [3.05, 3.63) is 28.8 Å². The monoisotopic (exact) mass is 374 g/mol. The molecular weight excluding hydrogens is 356 g/mol. The molecule has 0 saturated carbocycles. The van der Waals surface area contributed by atoms with Crippen molar-refractivity contribution in [1.82, 2.24) is 9.21 Å². The second kappa shape index (κ2) is 7.50. The molecule has 7 nitrogen and oxygen atoms in total. The number of halogens is 1. The lowest BCUT2D eigenvalue weighted by atomic mass is 10.2. The number of carbonyl (C=O) groups is 2. The zero-order valence-corrected chi connectivity index (χ0v) is 15.1. The number of sulfonamides is 1. The molecule has 1 aromatic carbocycles. The first-order chi connectivity index (χ1) is 11.3. The molecule has 1 heterocycles. The van der Waals surface area contributed by atoms with Crippen molar-refractivity contribution in [1.29, 1.82) is 0 Å². The van der Waals surface area contributed by atoms with Crippen LogP contribution >= 0.6 is 11.6 Å². The molecule has 0 aliphatic carbocycles. The van der Waals surface area contributed by atoms with Gasteiger partial charge in [-0.2, -0.15) is 4.31 Å². The van der Waals surface area contributed by atoms with E-state index in [1.54, 1.807) is 4.90 Å². The number of rotatable bonds is 6. The fourth-order valence-electron chi connectivity index (χ4n) is 2.44. The van der Waals surface area contributed by atoms with Gasteiger partial charge in [-0.25, -0.2) is 13.2 Å². The van der Waals surface area contributed by atoms with Crippen molar-refractivity contribution in [2.75, 3.05) is 33.8 Å². The van der Waals surface area contributed by atoms with Crippen molar-refractivity contribution < 1.29 is 22.7 Å². The summed E-state index contributed by atoms with van der Waals surface area (Å²) in [6.07, 6.45) is 1.30. The number of carbonyl (C=O) groups excluding carboxylic acids is 2. The predicted molar refractivity (Wildman–Crippen MR) is 88.4 cm³/mol. The molecule has 0 unspecified atom stereocenters. The van der Waals surface area contributed by atoms with Crippen LogP contribution in [0, 0.1) is 0 Å². The van der Waals surface area contributed by atoms with E-state index in [1.807, 2.05) is 0 Å². The molecule has 9 heteroatoms. The fourth-order valence-corrected chi connectivity index (χ4v) is 4.09. The largest absolute Gasteiger partial charge is 0.465 e. The molecule has 0 bridgehead atoms. The molecule has 1 aliphatic heterocycles. The summed E-state index contributed by atoms with van der Waals surface area (Å²) >= 11 is 6.00. The number of likely N-dealkylation sites (N-methyl/N-ethyl adjacent to an activating group) is 1. The predicted octanol–water partition coefficient (Wildman–Crippen LogP) is 1.37. The van der Waals surface area contributed by atoms with Crippen molar-refractivity contribution in [2.24, 2.45) is 0 Å². The third-order valence-corrected chi connectivity index (χ3v) is 6.24. The van der Waals surface area contributed by atoms with E-state index in [0.29, 0.717) is 19.5 Å². The van der Waals surface area contributed by atoms with Gasteiger partial charge < -0.3 is 9.64 Å². The summed E-state index contributed by atoms with van der Waals surface area (Å²) in [5.41, 5.74) is 0.101. The van der Waals surface area contributed by atoms with Crippen LogP contribution in [0.3, 0.4) is 0 Å². The molecule has 0 atom stereocenters. The third kappa shape index (κ3) is 3.88. The Morgan fingerprint density at radius 1 is 1.42 bits per heavy atom. The zero-order valence-electron chi connectivity index (χ0n) is 13.5. The van der Waals surface area contributed by atoms with E-state index in [0.717, 1.165) is 10.7 Å². The van der Waals surface area contributed by atoms with E-state index in [2.05, 4.69) is 4.74 Å². The summed E-state index contributed by atoms with van der Waals surface area (Å²) in [5.74, 6) is -0.611. The van der Waals surface area contributed by atoms with Crippen LogP contribution in [0.2, 0.25) is 5.02 Å². The highest BCUT2D eigenvalue weighted by atomic mass is 35.5. The minimum Gasteiger partial charge on any atom is -0.465 e. The van der Waals surface area contributed by atoms with Crippen LogP contribution in [-0.4, -0.2) is 63.3 Å². The molecule has 132 valence electrons. The number of methoxy groups -OCH3 is 1. The SMILES string of the molecule is COC(=O)c1ccc(Cl)c(S(=O)(=O)N(C)CCN2CCCC2=O)c1. The average molecular weight is 375 g/mol. The summed E-state index contributed by atoms with van der Waals surface area (Å²) < 4.78 is 31.1. The lowest BCUT2D eigenvalue weighted by molar-refractivity contribution is -0.127. The molecule has 0 spiro atoms. The van der Waals surface area contributed by atoms with Crippen LogP contribution in [0.1, 0.15) is 23.2 Å². The van der Waals surface area contributed by atoms with Crippen LogP contribution in [0.4, 0.5) is 0 Å². The highest BCUT2D eigenvalue weighted by Crippen LogP contribution is 2.25. The molecule has 0 N–H and O–H groups in total. The first-order valence-electron chi connectivity index (χ1n) is 7.39. The van der Waals surface area contributed by atoms with Crippen molar-refractivity contribution in [3.8, 4) is 0 Å². The van der Waals surface area contributed by atoms with Crippen LogP contribution in [0.25, 0.3) is 0 Å². The first-order valence-corrected chi connectivity index (χ1v) is 9.21. The van der Waals surface area contributed by atoms with Gasteiger partial charge in [0.15, 0.2) is 0 Å². The topological polar surface area (TPSA) is 84.0 Å². The normalized spacial score (nSPS) is 15.2. The summed E-state index contributed by atoms with van der Waals surface area (Å²) in [7, 11) is -1.26. The zero-order chi connectivity index (χ0) is 17.9. The summed E-state index contributed by atoms with van der Waals surface area (Å²) in [6, 6.07) is 3.94. The number of nitrogens with zero attached hydrogens (tertiary/aromatic N) is 2. The van der Waals surface area contributed by atoms with Crippen molar-refractivity contribution >= 4 is 33.5 Å². The smallest absolute Gasteiger partial charge is 0.337 e. The maximum absolute atomic E-state index is 12.7. The lowest BCUT2D eigenvalue weighted by Gasteiger charge is -2.22. The maximum Gasteiger partial charge on any atom is 0.337 e. The van der Waals surface area contributed by atoms with Gasteiger partial charge in [0.25, 0.3) is 0 Å². The molecule has 0 radical (unpaired) electrons. The minimum absolute atomic E-state index is 0.0201. The van der Waals surface area contributed by atoms with Gasteiger partial charge in [-0.15, -0.1) is 0 Å². The van der Waals surface area contributed by atoms with Gasteiger partial charge in [0.1, 0.15) is 4.90 Å². The molecule has 2 rings (SSSR count). The van der Waals surface area contributed by atoms with Gasteiger partial charge >= 0.3 is 5.97 Å². The number of benzene rings is 1. The molecule has 24 heavy (non-hydrogen) atoms. The van der Waals surface area contributed by atoms with E-state index in [9.17, 15) is 18.0 Å². The van der Waals surface area contributed by atoms with Crippen LogP contribution in [0.5, 0.6) is 0 Å². The van der Waals surface area contributed by atoms with Gasteiger partial charge in [0.05, 0.1) is 17.7 Å². The van der Waals surface area contributed by atoms with E-state index >= 15 is 0 Å². The number of hydrogen-bond acceptors (Lipinski definition) is 5. The molecule has 1 amide bonds. The number of amides is 1. The van der Waals surface area contributed by atoms with E-state index in [-0.39, 0.29) is 27.9 Å². The summed E-state index contributed by atoms with van der Waals surface area (Å²) in [4.78, 5) is 24.7. The molecule has 1 saturated heterocycles. The Balaban J connectivity index is 2.19. The van der Waals surface area contributed by atoms with Crippen molar-refractivity contribution in [2.45, 2.75) is 17.7 Å². The van der Waals surface area contributed by atoms with Gasteiger partial charge in [0.2, 0.25) is 15.9 Å². The first kappa shape index (κ1) is 18.7. The molecular formula is C15H19ClN2O5S. The van der Waals surface area contributed by atoms with Crippen LogP contribution in [-0.2, 0) is 19.6 Å². The number of esters is 1.